The van der Waals surface area contributed by atoms with Crippen LogP contribution in [0.15, 0.2) is 35.2 Å². The van der Waals surface area contributed by atoms with Crippen molar-refractivity contribution >= 4 is 18.5 Å². The van der Waals surface area contributed by atoms with E-state index in [0.29, 0.717) is 32.1 Å². The summed E-state index contributed by atoms with van der Waals surface area (Å²) in [6, 6.07) is 0. The monoisotopic (exact) mass is 942 g/mol. The van der Waals surface area contributed by atoms with Crippen LogP contribution in [0.4, 0.5) is 0 Å². The van der Waals surface area contributed by atoms with Crippen molar-refractivity contribution in [3.63, 3.8) is 0 Å². The van der Waals surface area contributed by atoms with Crippen LogP contribution in [-0.4, -0.2) is 153 Å². The lowest BCUT2D eigenvalue weighted by molar-refractivity contribution is -0.253. The second-order valence-electron chi connectivity index (χ2n) is 21.5. The number of hydrogen-bond donors (Lipinski definition) is 13. The number of aliphatic hydroxyl groups is 12. The molecule has 0 spiro atoms. The van der Waals surface area contributed by atoms with Crippen molar-refractivity contribution in [2.45, 2.75) is 168 Å². The highest BCUT2D eigenvalue weighted by Crippen LogP contribution is 2.74. The van der Waals surface area contributed by atoms with Gasteiger partial charge in [-0.1, -0.05) is 53.7 Å². The molecule has 19 nitrogen and oxygen atoms in total. The average Bonchev–Trinajstić information content (AvgIpc) is 3.23. The zero-order valence-corrected chi connectivity index (χ0v) is 38.9. The maximum Gasteiger partial charge on any atom is 0.306 e. The summed E-state index contributed by atoms with van der Waals surface area (Å²) in [5, 5.41) is 137. The summed E-state index contributed by atoms with van der Waals surface area (Å²) in [4.78, 5) is 37.9. The van der Waals surface area contributed by atoms with Crippen LogP contribution in [0.3, 0.4) is 0 Å². The molecule has 19 heteroatoms. The summed E-state index contributed by atoms with van der Waals surface area (Å²) in [7, 11) is 0. The third kappa shape index (κ3) is 9.69. The average molecular weight is 943 g/mol. The number of aldehydes is 2. The Hall–Kier alpha value is -3.21. The van der Waals surface area contributed by atoms with Crippen LogP contribution in [-0.2, 0) is 28.6 Å². The van der Waals surface area contributed by atoms with Gasteiger partial charge < -0.3 is 90.2 Å². The number of carbonyl (C=O) groups is 3. The van der Waals surface area contributed by atoms with Crippen molar-refractivity contribution in [3.8, 4) is 0 Å². The lowest BCUT2D eigenvalue weighted by Gasteiger charge is -2.71. The molecule has 5 aliphatic carbocycles. The van der Waals surface area contributed by atoms with Crippen molar-refractivity contribution in [2.24, 2.45) is 62.6 Å². The Balaban J connectivity index is 1.53. The fraction of sp³-hybridized carbons (Fsp3) is 0.809. The number of hydrogen-bond acceptors (Lipinski definition) is 18. The van der Waals surface area contributed by atoms with Crippen LogP contribution >= 0.6 is 0 Å². The molecule has 5 aliphatic rings. The minimum atomic E-state index is -2.72. The number of carboxylic acid groups (broad SMARTS) is 1. The van der Waals surface area contributed by atoms with Crippen LogP contribution in [0.25, 0.3) is 0 Å². The lowest BCUT2D eigenvalue weighted by atomic mass is 9.33. The van der Waals surface area contributed by atoms with Crippen LogP contribution in [0.1, 0.15) is 106 Å². The quantitative estimate of drug-likeness (QED) is 0.0377. The molecule has 66 heavy (non-hydrogen) atoms. The normalized spacial score (nSPS) is 40.4. The van der Waals surface area contributed by atoms with Crippen molar-refractivity contribution in [1.82, 2.24) is 0 Å². The second kappa shape index (κ2) is 20.0. The van der Waals surface area contributed by atoms with Gasteiger partial charge in [0.05, 0.1) is 30.1 Å². The van der Waals surface area contributed by atoms with E-state index >= 15 is 0 Å². The van der Waals surface area contributed by atoms with E-state index in [4.69, 9.17) is 14.2 Å². The first-order valence-electron chi connectivity index (χ1n) is 23.0. The molecule has 4 fully saturated rings. The first-order valence-corrected chi connectivity index (χ1v) is 23.0. The van der Waals surface area contributed by atoms with Gasteiger partial charge in [-0.25, -0.2) is 0 Å². The molecule has 0 radical (unpaired) electrons. The Morgan fingerprint density at radius 1 is 0.788 bits per heavy atom. The number of fused-ring (bicyclic) bond motifs is 7. The molecule has 0 aromatic carbocycles. The van der Waals surface area contributed by atoms with E-state index < -0.39 is 127 Å². The number of aliphatic carboxylic acids is 1. The SMILES string of the molecule is CC(O)/C(O)=C(/O)C(O)O/C(=C(/OC(O)C(O)C(O)C(O)CCO)C(O)O[C@H]1CC[C@]2(C)[C@H]3C=CC4[C@@H]5CC(C)(C)C[C@@H](C=O)C5[C@H](O)C[C@@]4(C)[C@]3(C)CC[C@H]2[C@]1(C)C=O)C(O)CC(=O)O. The Labute approximate surface area is 385 Å². The fourth-order valence-corrected chi connectivity index (χ4v) is 13.5. The summed E-state index contributed by atoms with van der Waals surface area (Å²) in [6.07, 6.45) is -12.2. The first kappa shape index (κ1) is 53.7. The molecule has 5 rings (SSSR count). The highest BCUT2D eigenvalue weighted by Gasteiger charge is 2.70. The largest absolute Gasteiger partial charge is 0.506 e. The van der Waals surface area contributed by atoms with E-state index in [1.165, 1.54) is 0 Å². The van der Waals surface area contributed by atoms with Crippen molar-refractivity contribution < 1.29 is 95.0 Å². The first-order chi connectivity index (χ1) is 30.6. The van der Waals surface area contributed by atoms with Crippen molar-refractivity contribution in [3.05, 3.63) is 35.2 Å². The molecule has 0 amide bonds. The highest BCUT2D eigenvalue weighted by molar-refractivity contribution is 5.68. The topological polar surface area (TPSA) is 342 Å². The molecule has 0 aromatic heterocycles. The number of rotatable bonds is 19. The summed E-state index contributed by atoms with van der Waals surface area (Å²) < 4.78 is 16.8. The smallest absolute Gasteiger partial charge is 0.306 e. The fourth-order valence-electron chi connectivity index (χ4n) is 13.5. The number of carbonyl (C=O) groups excluding carboxylic acids is 2. The molecule has 13 N–H and O–H groups in total. The summed E-state index contributed by atoms with van der Waals surface area (Å²) in [5.74, 6) is -7.56. The van der Waals surface area contributed by atoms with Gasteiger partial charge in [0.1, 0.15) is 37.0 Å². The van der Waals surface area contributed by atoms with Gasteiger partial charge in [-0.2, -0.15) is 0 Å². The highest BCUT2D eigenvalue weighted by atomic mass is 16.7. The maximum atomic E-state index is 13.6. The van der Waals surface area contributed by atoms with E-state index in [2.05, 4.69) is 46.8 Å². The van der Waals surface area contributed by atoms with Gasteiger partial charge in [-0.3, -0.25) is 4.79 Å². The number of carboxylic acids is 1. The zero-order valence-electron chi connectivity index (χ0n) is 38.9. The number of ether oxygens (including phenoxy) is 3. The molecule has 0 heterocycles. The minimum Gasteiger partial charge on any atom is -0.506 e. The molecular formula is C47H74O19. The van der Waals surface area contributed by atoms with Crippen LogP contribution in [0.2, 0.25) is 0 Å². The van der Waals surface area contributed by atoms with Crippen molar-refractivity contribution in [2.75, 3.05) is 6.61 Å². The third-order valence-electron chi connectivity index (χ3n) is 16.9. The maximum absolute atomic E-state index is 13.6. The Morgan fingerprint density at radius 3 is 2.02 bits per heavy atom. The van der Waals surface area contributed by atoms with Crippen LogP contribution in [0.5, 0.6) is 0 Å². The molecular weight excluding hydrogens is 868 g/mol. The van der Waals surface area contributed by atoms with E-state index in [1.54, 1.807) is 6.92 Å². The van der Waals surface area contributed by atoms with Crippen LogP contribution < -0.4 is 0 Å². The summed E-state index contributed by atoms with van der Waals surface area (Å²) >= 11 is 0. The Bertz CT molecular complexity index is 1850. The molecule has 0 bridgehead atoms. The molecule has 376 valence electrons. The predicted octanol–water partition coefficient (Wildman–Crippen LogP) is 1.44. The minimum absolute atomic E-state index is 0.0778. The standard InChI is InChI=1S/C47H74O19/c1-22(51)34(57)36(59)40(61)65-38(27(53)16-32(55)56)39(66-41(62)37(60)35(58)26(52)12-15-48)42(63)64-31-11-13-44(4)29(45(31,5)21-50)10-14-46(6)30(44)9-8-25-24-18-43(2,3)17-23(20-49)33(24)28(54)19-47(25,46)7/h8-9,20-31,33,35,37,40-42,48,51-54,57-63H,10-19H2,1-7H3,(H,55,56)/b36-34-,39-38+/t22?,23-,24-,25?,26?,27?,28+,29+,30+,31-,33?,35?,37?,40?,41?,42?,44-,45-,46+,47+/m0/s1. The predicted molar refractivity (Wildman–Crippen MR) is 231 cm³/mol. The van der Waals surface area contributed by atoms with Gasteiger partial charge >= 0.3 is 5.97 Å². The van der Waals surface area contributed by atoms with E-state index in [0.717, 1.165) is 25.9 Å². The van der Waals surface area contributed by atoms with Crippen molar-refractivity contribution in [1.29, 1.82) is 0 Å². The summed E-state index contributed by atoms with van der Waals surface area (Å²) in [5.41, 5.74) is -2.81. The van der Waals surface area contributed by atoms with Gasteiger partial charge in [0.15, 0.2) is 17.3 Å². The molecule has 10 unspecified atom stereocenters. The molecule has 20 atom stereocenters. The molecule has 4 saturated carbocycles. The van der Waals surface area contributed by atoms with Gasteiger partial charge in [0, 0.05) is 12.5 Å². The van der Waals surface area contributed by atoms with Gasteiger partial charge in [0.2, 0.25) is 18.3 Å². The number of allylic oxidation sites excluding steroid dienone is 2. The van der Waals surface area contributed by atoms with E-state index in [9.17, 15) is 80.8 Å². The number of aliphatic hydroxyl groups excluding tert-OH is 12. The van der Waals surface area contributed by atoms with Crippen LogP contribution in [0, 0.1) is 62.6 Å². The lowest BCUT2D eigenvalue weighted by Crippen LogP contribution is -2.67. The molecule has 0 aromatic rings. The third-order valence-corrected chi connectivity index (χ3v) is 16.9. The Kier molecular flexibility index (Phi) is 16.3. The van der Waals surface area contributed by atoms with E-state index in [1.807, 2.05) is 0 Å². The summed E-state index contributed by atoms with van der Waals surface area (Å²) in [6.45, 7) is 13.0. The van der Waals surface area contributed by atoms with Gasteiger partial charge in [0.25, 0.3) is 6.29 Å². The van der Waals surface area contributed by atoms with Gasteiger partial charge in [-0.15, -0.1) is 0 Å². The van der Waals surface area contributed by atoms with Gasteiger partial charge in [-0.05, 0) is 110 Å². The Morgan fingerprint density at radius 2 is 1.44 bits per heavy atom. The zero-order chi connectivity index (χ0) is 49.6. The second-order valence-corrected chi connectivity index (χ2v) is 21.5. The van der Waals surface area contributed by atoms with E-state index in [-0.39, 0.29) is 52.3 Å². The molecule has 0 saturated heterocycles. The molecule has 0 aliphatic heterocycles.